The summed E-state index contributed by atoms with van der Waals surface area (Å²) in [7, 11) is 0. The number of para-hydroxylation sites is 3. The van der Waals surface area contributed by atoms with Gasteiger partial charge in [-0.1, -0.05) is 97.1 Å². The van der Waals surface area contributed by atoms with E-state index in [-0.39, 0.29) is 0 Å². The molecule has 0 atom stereocenters. The van der Waals surface area contributed by atoms with Crippen LogP contribution in [-0.4, -0.2) is 18.9 Å². The molecule has 4 nitrogen and oxygen atoms in total. The number of rotatable bonds is 3. The van der Waals surface area contributed by atoms with E-state index < -0.39 is 0 Å². The molecule has 0 radical (unpaired) electrons. The van der Waals surface area contributed by atoms with Gasteiger partial charge >= 0.3 is 0 Å². The summed E-state index contributed by atoms with van der Waals surface area (Å²) in [5.41, 5.74) is 8.79. The molecule has 0 aliphatic heterocycles. The molecular weight excluding hydrogens is 500 g/mol. The van der Waals surface area contributed by atoms with Gasteiger partial charge in [-0.25, -0.2) is 9.66 Å². The highest BCUT2D eigenvalue weighted by molar-refractivity contribution is 6.16. The van der Waals surface area contributed by atoms with Crippen LogP contribution in [0.4, 0.5) is 0 Å². The highest BCUT2D eigenvalue weighted by Crippen LogP contribution is 2.37. The molecule has 192 valence electrons. The topological polar surface area (TPSA) is 27.7 Å². The Morgan fingerprint density at radius 2 is 1.10 bits per heavy atom. The molecule has 0 aliphatic rings. The summed E-state index contributed by atoms with van der Waals surface area (Å²) in [5.74, 6) is 0. The second-order valence-corrected chi connectivity index (χ2v) is 10.5. The quantitative estimate of drug-likeness (QED) is 0.226. The summed E-state index contributed by atoms with van der Waals surface area (Å²) in [6.45, 7) is 0. The maximum Gasteiger partial charge on any atom is 0.162 e. The molecule has 5 aromatic carbocycles. The van der Waals surface area contributed by atoms with Gasteiger partial charge in [0.1, 0.15) is 5.65 Å². The highest BCUT2D eigenvalue weighted by atomic mass is 15.5. The highest BCUT2D eigenvalue weighted by Gasteiger charge is 2.20. The minimum atomic E-state index is 0.934. The Bertz CT molecular complexity index is 2420. The number of nitrogens with zero attached hydrogens (tertiary/aromatic N) is 4. The molecule has 0 unspecified atom stereocenters. The molecule has 4 heteroatoms. The van der Waals surface area contributed by atoms with Crippen LogP contribution in [0.1, 0.15) is 0 Å². The molecule has 0 saturated heterocycles. The fraction of sp³-hybridized carbons (Fsp3) is 0. The summed E-state index contributed by atoms with van der Waals surface area (Å²) in [6, 6.07) is 49.6. The minimum absolute atomic E-state index is 0.934. The zero-order chi connectivity index (χ0) is 26.9. The third kappa shape index (κ3) is 3.19. The molecule has 9 rings (SSSR count). The van der Waals surface area contributed by atoms with E-state index in [2.05, 4.69) is 160 Å². The van der Waals surface area contributed by atoms with E-state index in [0.29, 0.717) is 0 Å². The SMILES string of the molecule is c1ccc(-c2cccc(-n3c4ccccc4c4cc5c6ccccc6n(-n6ccc7ccccc76)c5nc43)c2)cc1. The van der Waals surface area contributed by atoms with E-state index in [9.17, 15) is 0 Å². The smallest absolute Gasteiger partial charge is 0.162 e. The standard InChI is InChI=1S/C37H24N4/c1-2-11-25(12-3-1)27-14-10-15-28(23-27)40-34-19-8-5-16-29(34)31-24-32-30-17-6-9-20-35(30)41(37(32)38-36(31)40)39-22-21-26-13-4-7-18-33(26)39/h1-24H. The first-order valence-electron chi connectivity index (χ1n) is 13.9. The second kappa shape index (κ2) is 8.44. The van der Waals surface area contributed by atoms with Crippen LogP contribution in [0.3, 0.4) is 0 Å². The number of benzene rings is 5. The van der Waals surface area contributed by atoms with Crippen molar-refractivity contribution in [1.29, 1.82) is 0 Å². The van der Waals surface area contributed by atoms with Crippen LogP contribution in [0.25, 0.3) is 71.6 Å². The summed E-state index contributed by atoms with van der Waals surface area (Å²) >= 11 is 0. The molecular formula is C37H24N4. The Morgan fingerprint density at radius 3 is 1.95 bits per heavy atom. The van der Waals surface area contributed by atoms with Gasteiger partial charge in [0.05, 0.1) is 16.6 Å². The molecule has 0 fully saturated rings. The van der Waals surface area contributed by atoms with Crippen molar-refractivity contribution in [2.45, 2.75) is 0 Å². The second-order valence-electron chi connectivity index (χ2n) is 10.5. The van der Waals surface area contributed by atoms with Gasteiger partial charge < -0.3 is 0 Å². The lowest BCUT2D eigenvalue weighted by Gasteiger charge is -2.12. The van der Waals surface area contributed by atoms with Crippen LogP contribution >= 0.6 is 0 Å². The van der Waals surface area contributed by atoms with Crippen molar-refractivity contribution in [2.24, 2.45) is 0 Å². The van der Waals surface area contributed by atoms with Gasteiger partial charge in [0.2, 0.25) is 0 Å². The largest absolute Gasteiger partial charge is 0.294 e. The lowest BCUT2D eigenvalue weighted by molar-refractivity contribution is 0.738. The lowest BCUT2D eigenvalue weighted by atomic mass is 10.1. The first-order chi connectivity index (χ1) is 20.3. The number of aromatic nitrogens is 4. The van der Waals surface area contributed by atoms with Gasteiger partial charge in [-0.15, -0.1) is 0 Å². The summed E-state index contributed by atoms with van der Waals surface area (Å²) in [4.78, 5) is 5.50. The predicted octanol–water partition coefficient (Wildman–Crippen LogP) is 9.22. The monoisotopic (exact) mass is 524 g/mol. The van der Waals surface area contributed by atoms with Gasteiger partial charge in [-0.2, -0.15) is 0 Å². The molecule has 0 aliphatic carbocycles. The Balaban J connectivity index is 1.41. The van der Waals surface area contributed by atoms with Crippen LogP contribution in [0, 0.1) is 0 Å². The van der Waals surface area contributed by atoms with Crippen LogP contribution in [0.2, 0.25) is 0 Å². The van der Waals surface area contributed by atoms with E-state index in [1.807, 2.05) is 0 Å². The van der Waals surface area contributed by atoms with Gasteiger partial charge in [0.25, 0.3) is 0 Å². The van der Waals surface area contributed by atoms with Crippen molar-refractivity contribution in [3.05, 3.63) is 146 Å². The predicted molar refractivity (Wildman–Crippen MR) is 170 cm³/mol. The minimum Gasteiger partial charge on any atom is -0.294 e. The van der Waals surface area contributed by atoms with E-state index in [1.165, 1.54) is 27.3 Å². The van der Waals surface area contributed by atoms with E-state index in [1.54, 1.807) is 0 Å². The number of hydrogen-bond acceptors (Lipinski definition) is 1. The van der Waals surface area contributed by atoms with Crippen LogP contribution in [0.15, 0.2) is 146 Å². The van der Waals surface area contributed by atoms with Crippen molar-refractivity contribution in [3.63, 3.8) is 0 Å². The maximum atomic E-state index is 5.50. The Labute approximate surface area is 235 Å². The fourth-order valence-corrected chi connectivity index (χ4v) is 6.41. The summed E-state index contributed by atoms with van der Waals surface area (Å²) in [6.07, 6.45) is 2.14. The molecule has 9 aromatic rings. The molecule has 0 amide bonds. The van der Waals surface area contributed by atoms with Gasteiger partial charge in [0.15, 0.2) is 5.65 Å². The molecule has 4 heterocycles. The Hall–Kier alpha value is -5.61. The average Bonchev–Trinajstić information content (AvgIpc) is 3.70. The number of pyridine rings is 1. The van der Waals surface area contributed by atoms with Gasteiger partial charge in [-0.05, 0) is 53.6 Å². The third-order valence-electron chi connectivity index (χ3n) is 8.26. The molecule has 0 bridgehead atoms. The Kier molecular flexibility index (Phi) is 4.58. The van der Waals surface area contributed by atoms with Crippen molar-refractivity contribution >= 4 is 54.8 Å². The summed E-state index contributed by atoms with van der Waals surface area (Å²) < 4.78 is 6.79. The van der Waals surface area contributed by atoms with Crippen molar-refractivity contribution in [3.8, 4) is 16.8 Å². The van der Waals surface area contributed by atoms with Crippen molar-refractivity contribution in [1.82, 2.24) is 18.9 Å². The number of fused-ring (bicyclic) bond motifs is 7. The maximum absolute atomic E-state index is 5.50. The normalized spacial score (nSPS) is 11.9. The number of hydrogen-bond donors (Lipinski definition) is 0. The average molecular weight is 525 g/mol. The fourth-order valence-electron chi connectivity index (χ4n) is 6.41. The van der Waals surface area contributed by atoms with Crippen LogP contribution in [-0.2, 0) is 0 Å². The molecule has 41 heavy (non-hydrogen) atoms. The molecule has 4 aromatic heterocycles. The molecule has 0 N–H and O–H groups in total. The zero-order valence-electron chi connectivity index (χ0n) is 22.1. The molecule has 0 spiro atoms. The summed E-state index contributed by atoms with van der Waals surface area (Å²) in [5, 5.41) is 5.89. The van der Waals surface area contributed by atoms with Crippen LogP contribution < -0.4 is 0 Å². The van der Waals surface area contributed by atoms with Crippen molar-refractivity contribution in [2.75, 3.05) is 0 Å². The van der Waals surface area contributed by atoms with Gasteiger partial charge in [0, 0.05) is 38.8 Å². The first-order valence-corrected chi connectivity index (χ1v) is 13.9. The molecule has 0 saturated carbocycles. The van der Waals surface area contributed by atoms with E-state index in [0.717, 1.165) is 44.3 Å². The lowest BCUT2D eigenvalue weighted by Crippen LogP contribution is -2.08. The van der Waals surface area contributed by atoms with Gasteiger partial charge in [-0.3, -0.25) is 9.24 Å². The Morgan fingerprint density at radius 1 is 0.439 bits per heavy atom. The van der Waals surface area contributed by atoms with Crippen molar-refractivity contribution < 1.29 is 0 Å². The van der Waals surface area contributed by atoms with E-state index >= 15 is 0 Å². The van der Waals surface area contributed by atoms with E-state index in [4.69, 9.17) is 4.98 Å². The third-order valence-corrected chi connectivity index (χ3v) is 8.26. The zero-order valence-corrected chi connectivity index (χ0v) is 22.1. The van der Waals surface area contributed by atoms with Crippen LogP contribution in [0.5, 0.6) is 0 Å². The first kappa shape index (κ1) is 22.2.